The highest BCUT2D eigenvalue weighted by Gasteiger charge is 2.31. The first kappa shape index (κ1) is 27.6. The van der Waals surface area contributed by atoms with Gasteiger partial charge in [-0.1, -0.05) is 18.2 Å². The topological polar surface area (TPSA) is 85.4 Å². The summed E-state index contributed by atoms with van der Waals surface area (Å²) in [7, 11) is -3.70. The molecule has 2 saturated heterocycles. The molecule has 0 saturated carbocycles. The minimum atomic E-state index is -3.70. The standard InChI is InChI=1S/C32H36N2O6S/c1-22-5-3-4-6-28(22)32(35)34-15-11-24(12-16-34)33-17-13-25(14-18-33)40-29-9-7-26(19-23(29)2)41(36,37)27-8-10-30-31(20-27)39-21-38-30/h3-10,19-20,24-25H,11-18,21H2,1-2H3. The number of ether oxygens (including phenoxy) is 3. The number of fused-ring (bicyclic) bond motifs is 1. The molecule has 3 aromatic rings. The lowest BCUT2D eigenvalue weighted by Crippen LogP contribution is -2.50. The third-order valence-electron chi connectivity index (χ3n) is 8.52. The number of carbonyl (C=O) groups is 1. The molecule has 3 aliphatic rings. The van der Waals surface area contributed by atoms with Crippen LogP contribution < -0.4 is 14.2 Å². The predicted molar refractivity (Wildman–Crippen MR) is 155 cm³/mol. The van der Waals surface area contributed by atoms with Crippen LogP contribution in [-0.4, -0.2) is 69.2 Å². The van der Waals surface area contributed by atoms with Gasteiger partial charge in [-0.25, -0.2) is 8.42 Å². The molecular formula is C32H36N2O6S. The fourth-order valence-electron chi connectivity index (χ4n) is 6.06. The van der Waals surface area contributed by atoms with Crippen LogP contribution >= 0.6 is 0 Å². The molecule has 0 radical (unpaired) electrons. The Bertz CT molecular complexity index is 1540. The van der Waals surface area contributed by atoms with Gasteiger partial charge in [-0.15, -0.1) is 0 Å². The lowest BCUT2D eigenvalue weighted by atomic mass is 9.98. The quantitative estimate of drug-likeness (QED) is 0.408. The third-order valence-corrected chi connectivity index (χ3v) is 10.3. The zero-order valence-corrected chi connectivity index (χ0v) is 24.4. The molecule has 0 unspecified atom stereocenters. The predicted octanol–water partition coefficient (Wildman–Crippen LogP) is 5.01. The van der Waals surface area contributed by atoms with Crippen molar-refractivity contribution in [3.63, 3.8) is 0 Å². The van der Waals surface area contributed by atoms with Gasteiger partial charge >= 0.3 is 0 Å². The molecular weight excluding hydrogens is 540 g/mol. The lowest BCUT2D eigenvalue weighted by molar-refractivity contribution is 0.0423. The van der Waals surface area contributed by atoms with Crippen molar-refractivity contribution in [3.05, 3.63) is 77.4 Å². The maximum absolute atomic E-state index is 13.3. The Hall–Kier alpha value is -3.56. The normalized spacial score (nSPS) is 18.4. The molecule has 3 aromatic carbocycles. The van der Waals surface area contributed by atoms with E-state index in [1.807, 2.05) is 43.0 Å². The van der Waals surface area contributed by atoms with E-state index < -0.39 is 9.84 Å². The van der Waals surface area contributed by atoms with Gasteiger partial charge in [-0.2, -0.15) is 0 Å². The summed E-state index contributed by atoms with van der Waals surface area (Å²) in [6.45, 7) is 7.45. The first-order valence-electron chi connectivity index (χ1n) is 14.3. The molecule has 6 rings (SSSR count). The van der Waals surface area contributed by atoms with E-state index in [2.05, 4.69) is 4.90 Å². The molecule has 0 atom stereocenters. The van der Waals surface area contributed by atoms with Crippen LogP contribution in [-0.2, 0) is 9.84 Å². The monoisotopic (exact) mass is 576 g/mol. The van der Waals surface area contributed by atoms with Crippen molar-refractivity contribution in [3.8, 4) is 17.2 Å². The van der Waals surface area contributed by atoms with Gasteiger partial charge in [0, 0.05) is 43.9 Å². The number of piperidine rings is 2. The van der Waals surface area contributed by atoms with Crippen LogP contribution in [0.2, 0.25) is 0 Å². The summed E-state index contributed by atoms with van der Waals surface area (Å²) in [6, 6.07) is 18.0. The summed E-state index contributed by atoms with van der Waals surface area (Å²) >= 11 is 0. The van der Waals surface area contributed by atoms with Crippen molar-refractivity contribution in [2.45, 2.75) is 61.5 Å². The van der Waals surface area contributed by atoms with Crippen LogP contribution in [0.3, 0.4) is 0 Å². The number of carbonyl (C=O) groups excluding carboxylic acids is 1. The van der Waals surface area contributed by atoms with Crippen molar-refractivity contribution >= 4 is 15.7 Å². The van der Waals surface area contributed by atoms with Gasteiger partial charge in [0.1, 0.15) is 11.9 Å². The Kier molecular flexibility index (Phi) is 7.66. The zero-order chi connectivity index (χ0) is 28.6. The summed E-state index contributed by atoms with van der Waals surface area (Å²) in [5.74, 6) is 1.85. The number of rotatable bonds is 6. The molecule has 0 aliphatic carbocycles. The molecule has 0 spiro atoms. The number of benzene rings is 3. The van der Waals surface area contributed by atoms with E-state index in [4.69, 9.17) is 14.2 Å². The molecule has 3 heterocycles. The Balaban J connectivity index is 1.02. The highest BCUT2D eigenvalue weighted by molar-refractivity contribution is 7.91. The van der Waals surface area contributed by atoms with Gasteiger partial charge in [0.25, 0.3) is 5.91 Å². The number of sulfone groups is 1. The molecule has 1 amide bonds. The average molecular weight is 577 g/mol. The highest BCUT2D eigenvalue weighted by Crippen LogP contribution is 2.36. The van der Waals surface area contributed by atoms with Gasteiger partial charge < -0.3 is 19.1 Å². The van der Waals surface area contributed by atoms with E-state index >= 15 is 0 Å². The van der Waals surface area contributed by atoms with E-state index in [0.717, 1.165) is 74.3 Å². The average Bonchev–Trinajstić information content (AvgIpc) is 3.47. The molecule has 9 heteroatoms. The third kappa shape index (κ3) is 5.65. The van der Waals surface area contributed by atoms with Gasteiger partial charge in [-0.05, 0) is 87.1 Å². The Labute approximate surface area is 241 Å². The van der Waals surface area contributed by atoms with E-state index in [1.165, 1.54) is 6.07 Å². The van der Waals surface area contributed by atoms with Crippen LogP contribution in [0, 0.1) is 13.8 Å². The fraction of sp³-hybridized carbons (Fsp3) is 0.406. The zero-order valence-electron chi connectivity index (χ0n) is 23.5. The van der Waals surface area contributed by atoms with Gasteiger partial charge in [0.2, 0.25) is 16.6 Å². The number of nitrogens with zero attached hydrogens (tertiary/aromatic N) is 2. The molecule has 2 fully saturated rings. The van der Waals surface area contributed by atoms with E-state index in [-0.39, 0.29) is 28.6 Å². The number of amides is 1. The summed E-state index contributed by atoms with van der Waals surface area (Å²) in [5, 5.41) is 0. The molecule has 8 nitrogen and oxygen atoms in total. The van der Waals surface area contributed by atoms with E-state index in [1.54, 1.807) is 30.3 Å². The molecule has 0 N–H and O–H groups in total. The number of hydrogen-bond acceptors (Lipinski definition) is 7. The summed E-state index contributed by atoms with van der Waals surface area (Å²) in [5.41, 5.74) is 2.62. The minimum absolute atomic E-state index is 0.0870. The van der Waals surface area contributed by atoms with Crippen LogP contribution in [0.15, 0.2) is 70.5 Å². The van der Waals surface area contributed by atoms with Crippen LogP contribution in [0.1, 0.15) is 47.2 Å². The van der Waals surface area contributed by atoms with E-state index in [9.17, 15) is 13.2 Å². The van der Waals surface area contributed by atoms with Crippen molar-refractivity contribution in [1.29, 1.82) is 0 Å². The summed E-state index contributed by atoms with van der Waals surface area (Å²) < 4.78 is 43.5. The first-order chi connectivity index (χ1) is 19.8. The Morgan fingerprint density at radius 1 is 0.805 bits per heavy atom. The summed E-state index contributed by atoms with van der Waals surface area (Å²) in [4.78, 5) is 17.9. The SMILES string of the molecule is Cc1cc(S(=O)(=O)c2ccc3c(c2)OCO3)ccc1OC1CCN(C2CCN(C(=O)c3ccccc3C)CC2)CC1. The molecule has 216 valence electrons. The van der Waals surface area contributed by atoms with Gasteiger partial charge in [0.05, 0.1) is 9.79 Å². The van der Waals surface area contributed by atoms with Crippen molar-refractivity contribution in [2.24, 2.45) is 0 Å². The second-order valence-corrected chi connectivity index (χ2v) is 13.1. The maximum Gasteiger partial charge on any atom is 0.254 e. The molecule has 3 aliphatic heterocycles. The van der Waals surface area contributed by atoms with E-state index in [0.29, 0.717) is 17.5 Å². The lowest BCUT2D eigenvalue weighted by Gasteiger charge is -2.41. The molecule has 0 aromatic heterocycles. The second-order valence-electron chi connectivity index (χ2n) is 11.1. The van der Waals surface area contributed by atoms with Crippen molar-refractivity contribution in [2.75, 3.05) is 33.0 Å². The highest BCUT2D eigenvalue weighted by atomic mass is 32.2. The second kappa shape index (κ2) is 11.4. The first-order valence-corrected chi connectivity index (χ1v) is 15.8. The van der Waals surface area contributed by atoms with Gasteiger partial charge in [-0.3, -0.25) is 9.69 Å². The van der Waals surface area contributed by atoms with Crippen molar-refractivity contribution in [1.82, 2.24) is 9.80 Å². The number of likely N-dealkylation sites (tertiary alicyclic amines) is 2. The largest absolute Gasteiger partial charge is 0.490 e. The van der Waals surface area contributed by atoms with Gasteiger partial charge in [0.15, 0.2) is 11.5 Å². The number of aryl methyl sites for hydroxylation is 2. The smallest absolute Gasteiger partial charge is 0.254 e. The summed E-state index contributed by atoms with van der Waals surface area (Å²) in [6.07, 6.45) is 3.89. The fourth-order valence-corrected chi connectivity index (χ4v) is 7.42. The molecule has 0 bridgehead atoms. The Morgan fingerprint density at radius 2 is 1.49 bits per heavy atom. The molecule has 41 heavy (non-hydrogen) atoms. The minimum Gasteiger partial charge on any atom is -0.490 e. The Morgan fingerprint density at radius 3 is 2.22 bits per heavy atom. The maximum atomic E-state index is 13.3. The van der Waals surface area contributed by atoms with Crippen molar-refractivity contribution < 1.29 is 27.4 Å². The van der Waals surface area contributed by atoms with Crippen LogP contribution in [0.5, 0.6) is 17.2 Å². The van der Waals surface area contributed by atoms with Crippen LogP contribution in [0.25, 0.3) is 0 Å². The number of hydrogen-bond donors (Lipinski definition) is 0. The van der Waals surface area contributed by atoms with Crippen LogP contribution in [0.4, 0.5) is 0 Å².